The van der Waals surface area contributed by atoms with E-state index in [-0.39, 0.29) is 17.2 Å². The maximum Gasteiger partial charge on any atom is 0.337 e. The Labute approximate surface area is 107 Å². The SMILES string of the molecule is CC(C)=CC(=O)Nc1c(Br)cccc1C(=O)O. The van der Waals surface area contributed by atoms with Gasteiger partial charge < -0.3 is 10.4 Å². The normalized spacial score (nSPS) is 9.59. The number of amides is 1. The summed E-state index contributed by atoms with van der Waals surface area (Å²) in [5, 5.41) is 11.5. The lowest BCUT2D eigenvalue weighted by molar-refractivity contribution is -0.111. The zero-order valence-electron chi connectivity index (χ0n) is 9.45. The van der Waals surface area contributed by atoms with E-state index >= 15 is 0 Å². The van der Waals surface area contributed by atoms with Gasteiger partial charge in [-0.05, 0) is 41.9 Å². The number of aromatic carboxylic acids is 1. The van der Waals surface area contributed by atoms with Crippen LogP contribution in [0.15, 0.2) is 34.3 Å². The van der Waals surface area contributed by atoms with Crippen molar-refractivity contribution >= 4 is 33.5 Å². The number of halogens is 1. The van der Waals surface area contributed by atoms with Gasteiger partial charge in [-0.1, -0.05) is 11.6 Å². The van der Waals surface area contributed by atoms with Crippen LogP contribution < -0.4 is 5.32 Å². The molecule has 17 heavy (non-hydrogen) atoms. The lowest BCUT2D eigenvalue weighted by atomic mass is 10.1. The molecule has 0 spiro atoms. The average molecular weight is 298 g/mol. The predicted octanol–water partition coefficient (Wildman–Crippen LogP) is 3.05. The number of carboxylic acids is 1. The quantitative estimate of drug-likeness (QED) is 0.843. The van der Waals surface area contributed by atoms with Crippen molar-refractivity contribution < 1.29 is 14.7 Å². The summed E-state index contributed by atoms with van der Waals surface area (Å²) in [6.07, 6.45) is 1.41. The fraction of sp³-hybridized carbons (Fsp3) is 0.167. The Kier molecular flexibility index (Phi) is 4.45. The second-order valence-corrected chi connectivity index (χ2v) is 4.53. The number of carbonyl (C=O) groups excluding carboxylic acids is 1. The summed E-state index contributed by atoms with van der Waals surface area (Å²) in [6, 6.07) is 4.71. The molecule has 4 nitrogen and oxygen atoms in total. The summed E-state index contributed by atoms with van der Waals surface area (Å²) in [4.78, 5) is 22.5. The lowest BCUT2D eigenvalue weighted by Crippen LogP contribution is -2.13. The first kappa shape index (κ1) is 13.4. The van der Waals surface area contributed by atoms with Crippen LogP contribution in [-0.4, -0.2) is 17.0 Å². The molecule has 0 aliphatic carbocycles. The van der Waals surface area contributed by atoms with E-state index in [1.54, 1.807) is 26.0 Å². The van der Waals surface area contributed by atoms with Crippen molar-refractivity contribution in [3.63, 3.8) is 0 Å². The zero-order chi connectivity index (χ0) is 13.0. The van der Waals surface area contributed by atoms with Gasteiger partial charge in [0.2, 0.25) is 5.91 Å². The molecule has 0 aliphatic heterocycles. The summed E-state index contributed by atoms with van der Waals surface area (Å²) < 4.78 is 0.535. The van der Waals surface area contributed by atoms with E-state index in [2.05, 4.69) is 21.2 Å². The number of hydrogen-bond donors (Lipinski definition) is 2. The maximum absolute atomic E-state index is 11.5. The van der Waals surface area contributed by atoms with Gasteiger partial charge in [0.25, 0.3) is 0 Å². The number of carbonyl (C=O) groups is 2. The Morgan fingerprint density at radius 2 is 2.00 bits per heavy atom. The molecule has 0 bridgehead atoms. The van der Waals surface area contributed by atoms with Crippen molar-refractivity contribution in [1.29, 1.82) is 0 Å². The molecular weight excluding hydrogens is 286 g/mol. The Balaban J connectivity index is 3.09. The minimum absolute atomic E-state index is 0.0508. The van der Waals surface area contributed by atoms with Crippen LogP contribution in [0.3, 0.4) is 0 Å². The summed E-state index contributed by atoms with van der Waals surface area (Å²) >= 11 is 3.21. The third-order valence-corrected chi connectivity index (χ3v) is 2.57. The predicted molar refractivity (Wildman–Crippen MR) is 69.2 cm³/mol. The maximum atomic E-state index is 11.5. The van der Waals surface area contributed by atoms with Crippen molar-refractivity contribution in [3.05, 3.63) is 39.9 Å². The summed E-state index contributed by atoms with van der Waals surface area (Å²) in [7, 11) is 0. The highest BCUT2D eigenvalue weighted by atomic mass is 79.9. The Bertz CT molecular complexity index is 491. The third kappa shape index (κ3) is 3.71. The first-order chi connectivity index (χ1) is 7.91. The molecule has 0 saturated heterocycles. The molecule has 0 radical (unpaired) electrons. The van der Waals surface area contributed by atoms with E-state index in [0.717, 1.165) is 5.57 Å². The zero-order valence-corrected chi connectivity index (χ0v) is 11.0. The number of para-hydroxylation sites is 1. The first-order valence-electron chi connectivity index (χ1n) is 4.89. The van der Waals surface area contributed by atoms with E-state index in [4.69, 9.17) is 5.11 Å². The molecule has 5 heteroatoms. The van der Waals surface area contributed by atoms with Crippen LogP contribution in [-0.2, 0) is 4.79 Å². The van der Waals surface area contributed by atoms with Crippen LogP contribution in [0.2, 0.25) is 0 Å². The van der Waals surface area contributed by atoms with Crippen molar-refractivity contribution in [2.75, 3.05) is 5.32 Å². The molecule has 2 N–H and O–H groups in total. The molecule has 90 valence electrons. The number of nitrogens with one attached hydrogen (secondary N) is 1. The smallest absolute Gasteiger partial charge is 0.337 e. The van der Waals surface area contributed by atoms with Crippen LogP contribution in [0.25, 0.3) is 0 Å². The molecule has 0 unspecified atom stereocenters. The molecular formula is C12H12BrNO3. The summed E-state index contributed by atoms with van der Waals surface area (Å²) in [5.74, 6) is -1.43. The number of carboxylic acid groups (broad SMARTS) is 1. The first-order valence-corrected chi connectivity index (χ1v) is 5.69. The third-order valence-electron chi connectivity index (χ3n) is 1.91. The minimum atomic E-state index is -1.08. The highest BCUT2D eigenvalue weighted by molar-refractivity contribution is 9.10. The fourth-order valence-electron chi connectivity index (χ4n) is 1.25. The number of hydrogen-bond acceptors (Lipinski definition) is 2. The van der Waals surface area contributed by atoms with Crippen molar-refractivity contribution in [1.82, 2.24) is 0 Å². The Morgan fingerprint density at radius 3 is 2.53 bits per heavy atom. The number of rotatable bonds is 3. The molecule has 1 aromatic rings. The Morgan fingerprint density at radius 1 is 1.35 bits per heavy atom. The van der Waals surface area contributed by atoms with Gasteiger partial charge in [0, 0.05) is 10.5 Å². The summed E-state index contributed by atoms with van der Waals surface area (Å²) in [5.41, 5.74) is 1.16. The van der Waals surface area contributed by atoms with Gasteiger partial charge in [-0.25, -0.2) is 4.79 Å². The van der Waals surface area contributed by atoms with Crippen LogP contribution in [0.5, 0.6) is 0 Å². The molecule has 0 heterocycles. The number of anilines is 1. The average Bonchev–Trinajstić information content (AvgIpc) is 2.19. The highest BCUT2D eigenvalue weighted by Gasteiger charge is 2.14. The molecule has 1 rings (SSSR count). The molecule has 1 amide bonds. The lowest BCUT2D eigenvalue weighted by Gasteiger charge is -2.08. The van der Waals surface area contributed by atoms with Gasteiger partial charge in [0.1, 0.15) is 0 Å². The minimum Gasteiger partial charge on any atom is -0.478 e. The molecule has 0 fully saturated rings. The second-order valence-electron chi connectivity index (χ2n) is 3.68. The van der Waals surface area contributed by atoms with Crippen LogP contribution >= 0.6 is 15.9 Å². The number of benzene rings is 1. The topological polar surface area (TPSA) is 66.4 Å². The van der Waals surface area contributed by atoms with Gasteiger partial charge in [-0.15, -0.1) is 0 Å². The van der Waals surface area contributed by atoms with Gasteiger partial charge in [-0.3, -0.25) is 4.79 Å². The van der Waals surface area contributed by atoms with Crippen molar-refractivity contribution in [2.24, 2.45) is 0 Å². The van der Waals surface area contributed by atoms with Gasteiger partial charge >= 0.3 is 5.97 Å². The largest absolute Gasteiger partial charge is 0.478 e. The number of allylic oxidation sites excluding steroid dienone is 1. The molecule has 0 aromatic heterocycles. The second kappa shape index (κ2) is 5.63. The fourth-order valence-corrected chi connectivity index (χ4v) is 1.72. The van der Waals surface area contributed by atoms with E-state index < -0.39 is 5.97 Å². The summed E-state index contributed by atoms with van der Waals surface area (Å²) in [6.45, 7) is 3.58. The van der Waals surface area contributed by atoms with Crippen LogP contribution in [0, 0.1) is 0 Å². The van der Waals surface area contributed by atoms with Crippen molar-refractivity contribution in [2.45, 2.75) is 13.8 Å². The molecule has 0 aliphatic rings. The van der Waals surface area contributed by atoms with E-state index in [9.17, 15) is 9.59 Å². The van der Waals surface area contributed by atoms with Gasteiger partial charge in [0.05, 0.1) is 11.3 Å². The Hall–Kier alpha value is -1.62. The van der Waals surface area contributed by atoms with Crippen molar-refractivity contribution in [3.8, 4) is 0 Å². The van der Waals surface area contributed by atoms with E-state index in [1.807, 2.05) is 0 Å². The van der Waals surface area contributed by atoms with Gasteiger partial charge in [-0.2, -0.15) is 0 Å². The van der Waals surface area contributed by atoms with Crippen LogP contribution in [0.1, 0.15) is 24.2 Å². The van der Waals surface area contributed by atoms with Gasteiger partial charge in [0.15, 0.2) is 0 Å². The van der Waals surface area contributed by atoms with Crippen LogP contribution in [0.4, 0.5) is 5.69 Å². The van der Waals surface area contributed by atoms with E-state index in [1.165, 1.54) is 12.1 Å². The van der Waals surface area contributed by atoms with E-state index in [0.29, 0.717) is 4.47 Å². The standard InChI is InChI=1S/C12H12BrNO3/c1-7(2)6-10(15)14-11-8(12(16)17)4-3-5-9(11)13/h3-6H,1-2H3,(H,14,15)(H,16,17). The molecule has 0 saturated carbocycles. The highest BCUT2D eigenvalue weighted by Crippen LogP contribution is 2.26. The molecule has 1 aromatic carbocycles. The monoisotopic (exact) mass is 297 g/mol. The molecule has 0 atom stereocenters.